The monoisotopic (exact) mass is 398 g/mol. The minimum absolute atomic E-state index is 0.379. The standard InChI is InChI=1S/C21H16Cl2N2O2/c1-12-19-20(25(24-12)17-9-14(22)7-8-16(17)23)27-11-13-10-26-18-6-4-3-5-15(18)21(13,19)2/h3-9,11H,10H2,1-2H3/t21-/m0/s1. The average Bonchev–Trinajstić information content (AvgIpc) is 3.01. The molecule has 27 heavy (non-hydrogen) atoms. The number of rotatable bonds is 1. The normalized spacial score (nSPS) is 19.9. The van der Waals surface area contributed by atoms with Crippen LogP contribution in [0.2, 0.25) is 10.0 Å². The highest BCUT2D eigenvalue weighted by Gasteiger charge is 2.46. The molecule has 0 unspecified atom stereocenters. The van der Waals surface area contributed by atoms with Crippen LogP contribution in [-0.4, -0.2) is 16.4 Å². The van der Waals surface area contributed by atoms with E-state index >= 15 is 0 Å². The van der Waals surface area contributed by atoms with Crippen molar-refractivity contribution < 1.29 is 9.47 Å². The number of nitrogens with zero attached hydrogens (tertiary/aromatic N) is 2. The van der Waals surface area contributed by atoms with Gasteiger partial charge in [-0.05, 0) is 38.1 Å². The van der Waals surface area contributed by atoms with E-state index < -0.39 is 0 Å². The highest BCUT2D eigenvalue weighted by Crippen LogP contribution is 2.52. The van der Waals surface area contributed by atoms with E-state index in [9.17, 15) is 0 Å². The summed E-state index contributed by atoms with van der Waals surface area (Å²) in [7, 11) is 0. The Balaban J connectivity index is 1.79. The first-order valence-electron chi connectivity index (χ1n) is 8.64. The molecule has 0 saturated carbocycles. The van der Waals surface area contributed by atoms with Gasteiger partial charge in [0.2, 0.25) is 5.88 Å². The number of hydrogen-bond acceptors (Lipinski definition) is 3. The molecule has 2 aromatic carbocycles. The highest BCUT2D eigenvalue weighted by atomic mass is 35.5. The summed E-state index contributed by atoms with van der Waals surface area (Å²) in [6, 6.07) is 13.4. The number of para-hydroxylation sites is 1. The fourth-order valence-electron chi connectivity index (χ4n) is 4.05. The SMILES string of the molecule is Cc1nn(-c2cc(Cl)ccc2Cl)c2c1[C@@]1(C)C(=CO2)COc2ccccc21. The third-order valence-electron chi connectivity index (χ3n) is 5.42. The van der Waals surface area contributed by atoms with Gasteiger partial charge in [0, 0.05) is 16.2 Å². The minimum atomic E-state index is -0.379. The fraction of sp³-hybridized carbons (Fsp3) is 0.190. The van der Waals surface area contributed by atoms with Crippen molar-refractivity contribution in [3.05, 3.63) is 81.2 Å². The molecule has 3 aromatic rings. The molecule has 0 radical (unpaired) electrons. The van der Waals surface area contributed by atoms with Gasteiger partial charge in [-0.1, -0.05) is 41.4 Å². The molecule has 0 spiro atoms. The van der Waals surface area contributed by atoms with Crippen LogP contribution in [0.1, 0.15) is 23.7 Å². The lowest BCUT2D eigenvalue weighted by Gasteiger charge is -2.40. The number of hydrogen-bond donors (Lipinski definition) is 0. The summed E-state index contributed by atoms with van der Waals surface area (Å²) in [4.78, 5) is 0. The number of fused-ring (bicyclic) bond motifs is 5. The zero-order valence-corrected chi connectivity index (χ0v) is 16.3. The third-order valence-corrected chi connectivity index (χ3v) is 5.97. The Kier molecular flexibility index (Phi) is 3.58. The van der Waals surface area contributed by atoms with Crippen LogP contribution in [0.4, 0.5) is 0 Å². The first kappa shape index (κ1) is 16.7. The Bertz CT molecular complexity index is 1120. The van der Waals surface area contributed by atoms with Gasteiger partial charge < -0.3 is 9.47 Å². The zero-order chi connectivity index (χ0) is 18.8. The summed E-state index contributed by atoms with van der Waals surface area (Å²) in [5.41, 5.74) is 4.38. The second-order valence-corrected chi connectivity index (χ2v) is 7.79. The summed E-state index contributed by atoms with van der Waals surface area (Å²) in [6.07, 6.45) is 1.77. The predicted molar refractivity (Wildman–Crippen MR) is 105 cm³/mol. The van der Waals surface area contributed by atoms with E-state index in [1.807, 2.05) is 25.1 Å². The summed E-state index contributed by atoms with van der Waals surface area (Å²) in [6.45, 7) is 4.67. The maximum Gasteiger partial charge on any atom is 0.226 e. The lowest BCUT2D eigenvalue weighted by Crippen LogP contribution is -2.37. The zero-order valence-electron chi connectivity index (χ0n) is 14.8. The Morgan fingerprint density at radius 2 is 1.96 bits per heavy atom. The Morgan fingerprint density at radius 3 is 2.81 bits per heavy atom. The molecular formula is C21H16Cl2N2O2. The van der Waals surface area contributed by atoms with Gasteiger partial charge in [-0.25, -0.2) is 0 Å². The van der Waals surface area contributed by atoms with E-state index in [1.54, 1.807) is 29.1 Å². The number of benzene rings is 2. The average molecular weight is 399 g/mol. The molecule has 2 aliphatic heterocycles. The lowest BCUT2D eigenvalue weighted by molar-refractivity contribution is 0.280. The van der Waals surface area contributed by atoms with Crippen molar-refractivity contribution in [3.63, 3.8) is 0 Å². The van der Waals surface area contributed by atoms with Crippen molar-refractivity contribution in [1.82, 2.24) is 9.78 Å². The topological polar surface area (TPSA) is 36.3 Å². The first-order chi connectivity index (χ1) is 13.0. The van der Waals surface area contributed by atoms with Crippen LogP contribution in [0.3, 0.4) is 0 Å². The van der Waals surface area contributed by atoms with Gasteiger partial charge in [0.05, 0.1) is 33.6 Å². The molecular weight excluding hydrogens is 383 g/mol. The molecule has 2 aliphatic rings. The second kappa shape index (κ2) is 5.78. The summed E-state index contributed by atoms with van der Waals surface area (Å²) < 4.78 is 13.7. The van der Waals surface area contributed by atoms with E-state index in [0.717, 1.165) is 28.1 Å². The molecule has 0 saturated heterocycles. The summed E-state index contributed by atoms with van der Waals surface area (Å²) >= 11 is 12.6. The fourth-order valence-corrected chi connectivity index (χ4v) is 4.42. The van der Waals surface area contributed by atoms with Gasteiger partial charge in [0.25, 0.3) is 0 Å². The number of aryl methyl sites for hydroxylation is 1. The van der Waals surface area contributed by atoms with Crippen molar-refractivity contribution >= 4 is 23.2 Å². The summed E-state index contributed by atoms with van der Waals surface area (Å²) in [5.74, 6) is 1.54. The Labute approximate surface area is 166 Å². The number of aromatic nitrogens is 2. The summed E-state index contributed by atoms with van der Waals surface area (Å²) in [5, 5.41) is 5.89. The second-order valence-electron chi connectivity index (χ2n) is 6.94. The molecule has 0 N–H and O–H groups in total. The molecule has 1 atom stereocenters. The molecule has 0 aliphatic carbocycles. The van der Waals surface area contributed by atoms with Gasteiger partial charge in [-0.2, -0.15) is 9.78 Å². The molecule has 1 aromatic heterocycles. The van der Waals surface area contributed by atoms with Crippen LogP contribution >= 0.6 is 23.2 Å². The molecule has 0 bridgehead atoms. The largest absolute Gasteiger partial charge is 0.489 e. The van der Waals surface area contributed by atoms with Gasteiger partial charge in [0.1, 0.15) is 12.4 Å². The van der Waals surface area contributed by atoms with Crippen molar-refractivity contribution in [2.24, 2.45) is 0 Å². The van der Waals surface area contributed by atoms with Gasteiger partial charge in [0.15, 0.2) is 0 Å². The van der Waals surface area contributed by atoms with Crippen molar-refractivity contribution in [2.45, 2.75) is 19.3 Å². The maximum absolute atomic E-state index is 6.43. The van der Waals surface area contributed by atoms with Crippen molar-refractivity contribution in [3.8, 4) is 17.3 Å². The first-order valence-corrected chi connectivity index (χ1v) is 9.39. The van der Waals surface area contributed by atoms with E-state index in [4.69, 9.17) is 37.8 Å². The van der Waals surface area contributed by atoms with Crippen LogP contribution in [-0.2, 0) is 5.41 Å². The van der Waals surface area contributed by atoms with E-state index in [1.165, 1.54) is 0 Å². The molecule has 6 heteroatoms. The smallest absolute Gasteiger partial charge is 0.226 e. The number of ether oxygens (including phenoxy) is 2. The van der Waals surface area contributed by atoms with Gasteiger partial charge in [-0.3, -0.25) is 0 Å². The Hall–Kier alpha value is -2.43. The maximum atomic E-state index is 6.43. The third kappa shape index (κ3) is 2.27. The predicted octanol–water partition coefficient (Wildman–Crippen LogP) is 5.46. The molecule has 0 fully saturated rings. The molecule has 3 heterocycles. The molecule has 136 valence electrons. The van der Waals surface area contributed by atoms with Crippen LogP contribution < -0.4 is 9.47 Å². The number of halogens is 2. The van der Waals surface area contributed by atoms with E-state index in [-0.39, 0.29) is 5.41 Å². The minimum Gasteiger partial charge on any atom is -0.489 e. The van der Waals surface area contributed by atoms with Crippen LogP contribution in [0, 0.1) is 6.92 Å². The van der Waals surface area contributed by atoms with E-state index in [0.29, 0.717) is 28.2 Å². The Morgan fingerprint density at radius 1 is 1.15 bits per heavy atom. The van der Waals surface area contributed by atoms with Crippen molar-refractivity contribution in [2.75, 3.05) is 6.61 Å². The molecule has 4 nitrogen and oxygen atoms in total. The van der Waals surface area contributed by atoms with Gasteiger partial charge >= 0.3 is 0 Å². The van der Waals surface area contributed by atoms with Crippen molar-refractivity contribution in [1.29, 1.82) is 0 Å². The molecule has 5 rings (SSSR count). The lowest BCUT2D eigenvalue weighted by atomic mass is 9.69. The quantitative estimate of drug-likeness (QED) is 0.545. The van der Waals surface area contributed by atoms with Crippen LogP contribution in [0.15, 0.2) is 54.3 Å². The van der Waals surface area contributed by atoms with E-state index in [2.05, 4.69) is 13.0 Å². The van der Waals surface area contributed by atoms with Gasteiger partial charge in [-0.15, -0.1) is 0 Å². The van der Waals surface area contributed by atoms with Crippen LogP contribution in [0.5, 0.6) is 11.6 Å². The highest BCUT2D eigenvalue weighted by molar-refractivity contribution is 6.34. The van der Waals surface area contributed by atoms with Crippen LogP contribution in [0.25, 0.3) is 5.69 Å². The molecule has 0 amide bonds.